The van der Waals surface area contributed by atoms with Crippen molar-refractivity contribution in [3.05, 3.63) is 59.7 Å². The Kier molecular flexibility index (Phi) is 22.6. The van der Waals surface area contributed by atoms with E-state index in [0.29, 0.717) is 11.5 Å². The summed E-state index contributed by atoms with van der Waals surface area (Å²) in [7, 11) is -3.24. The molecule has 0 aliphatic heterocycles. The first-order valence-electron chi connectivity index (χ1n) is 18.4. The van der Waals surface area contributed by atoms with Crippen LogP contribution in [0.3, 0.4) is 0 Å². The maximum Gasteiger partial charge on any atom is 0.178 e. The average molecular weight is 641 g/mol. The van der Waals surface area contributed by atoms with Gasteiger partial charge in [-0.05, 0) is 54.7 Å². The fraction of sp³-hybridized carbons (Fsp3) is 0.650. The predicted octanol–water partition coefficient (Wildman–Crippen LogP) is 11.6. The Morgan fingerprint density at radius 1 is 0.533 bits per heavy atom. The van der Waals surface area contributed by atoms with Crippen LogP contribution in [0.4, 0.5) is 0 Å². The Morgan fingerprint density at radius 3 is 1.40 bits per heavy atom. The van der Waals surface area contributed by atoms with Gasteiger partial charge in [0.05, 0.1) is 17.3 Å². The molecule has 0 aliphatic rings. The van der Waals surface area contributed by atoms with Crippen LogP contribution in [0.1, 0.15) is 159 Å². The van der Waals surface area contributed by atoms with Gasteiger partial charge >= 0.3 is 0 Å². The minimum atomic E-state index is -3.24. The third-order valence-electron chi connectivity index (χ3n) is 8.68. The van der Waals surface area contributed by atoms with Crippen LogP contribution in [0.2, 0.25) is 0 Å². The van der Waals surface area contributed by atoms with E-state index in [1.807, 2.05) is 36.4 Å². The summed E-state index contributed by atoms with van der Waals surface area (Å²) in [5.74, 6) is 1.13. The van der Waals surface area contributed by atoms with E-state index in [-0.39, 0.29) is 5.75 Å². The average Bonchev–Trinajstić information content (AvgIpc) is 3.05. The molecule has 0 unspecified atom stereocenters. The molecule has 0 aromatic heterocycles. The molecular weight excluding hydrogens is 577 g/mol. The van der Waals surface area contributed by atoms with Crippen LogP contribution >= 0.6 is 0 Å². The summed E-state index contributed by atoms with van der Waals surface area (Å²) in [6.45, 7) is 3.35. The van der Waals surface area contributed by atoms with Crippen molar-refractivity contribution in [1.82, 2.24) is 0 Å². The van der Waals surface area contributed by atoms with Gasteiger partial charge in [0.15, 0.2) is 9.84 Å². The van der Waals surface area contributed by atoms with Crippen LogP contribution in [0, 0.1) is 0 Å². The van der Waals surface area contributed by atoms with Crippen molar-refractivity contribution in [2.75, 3.05) is 19.0 Å². The lowest BCUT2D eigenvalue weighted by molar-refractivity contribution is 0.282. The smallest absolute Gasteiger partial charge is 0.178 e. The molecule has 0 spiro atoms. The standard InChI is InChI=1S/C40H64O4S/c1-2-3-4-5-6-7-8-10-13-16-19-22-35-44-39-30-26-37(27-31-39)24-25-38-28-32-40(33-29-38)45(42,43)36-23-20-17-14-11-9-12-15-18-21-34-41/h24-33,41H,2-23,34-36H2,1H3. The molecule has 4 nitrogen and oxygen atoms in total. The minimum Gasteiger partial charge on any atom is -0.494 e. The first-order valence-corrected chi connectivity index (χ1v) is 20.0. The molecule has 0 atom stereocenters. The van der Waals surface area contributed by atoms with E-state index in [1.165, 1.54) is 103 Å². The summed E-state index contributed by atoms with van der Waals surface area (Å²) < 4.78 is 31.5. The highest BCUT2D eigenvalue weighted by Gasteiger charge is 2.13. The Labute approximate surface area is 277 Å². The SMILES string of the molecule is CCCCCCCCCCCCCCOc1ccc(C=Cc2ccc(S(=O)(=O)CCCCCCCCCCCCO)cc2)cc1. The first-order chi connectivity index (χ1) is 22.0. The highest BCUT2D eigenvalue weighted by molar-refractivity contribution is 7.91. The quantitative estimate of drug-likeness (QED) is 0.0710. The maximum atomic E-state index is 12.8. The molecule has 0 radical (unpaired) electrons. The molecule has 1 N–H and O–H groups in total. The van der Waals surface area contributed by atoms with Crippen molar-refractivity contribution in [2.45, 2.75) is 153 Å². The van der Waals surface area contributed by atoms with E-state index in [4.69, 9.17) is 9.84 Å². The summed E-state index contributed by atoms with van der Waals surface area (Å²) in [6.07, 6.45) is 31.1. The van der Waals surface area contributed by atoms with Crippen LogP contribution in [0.25, 0.3) is 12.2 Å². The number of unbranched alkanes of at least 4 members (excludes halogenated alkanes) is 20. The van der Waals surface area contributed by atoms with Gasteiger partial charge in [0.25, 0.3) is 0 Å². The summed E-state index contributed by atoms with van der Waals surface area (Å²) >= 11 is 0. The highest BCUT2D eigenvalue weighted by Crippen LogP contribution is 2.19. The summed E-state index contributed by atoms with van der Waals surface area (Å²) in [4.78, 5) is 0.414. The molecule has 5 heteroatoms. The van der Waals surface area contributed by atoms with E-state index in [1.54, 1.807) is 12.1 Å². The van der Waals surface area contributed by atoms with Gasteiger partial charge in [0.1, 0.15) is 5.75 Å². The molecule has 2 rings (SSSR count). The van der Waals surface area contributed by atoms with Crippen LogP contribution in [-0.2, 0) is 9.84 Å². The molecule has 0 heterocycles. The molecule has 0 saturated carbocycles. The van der Waals surface area contributed by atoms with E-state index in [2.05, 4.69) is 19.1 Å². The zero-order chi connectivity index (χ0) is 32.3. The molecule has 2 aromatic rings. The van der Waals surface area contributed by atoms with Gasteiger partial charge in [-0.15, -0.1) is 0 Å². The summed E-state index contributed by atoms with van der Waals surface area (Å²) in [6, 6.07) is 15.4. The third-order valence-corrected chi connectivity index (χ3v) is 10.5. The lowest BCUT2D eigenvalue weighted by Gasteiger charge is -2.07. The summed E-state index contributed by atoms with van der Waals surface area (Å²) in [5, 5.41) is 8.81. The Hall–Kier alpha value is -2.11. The number of sulfone groups is 1. The third kappa shape index (κ3) is 19.9. The zero-order valence-electron chi connectivity index (χ0n) is 28.5. The van der Waals surface area contributed by atoms with Crippen LogP contribution in [0.15, 0.2) is 53.4 Å². The van der Waals surface area contributed by atoms with Gasteiger partial charge in [0.2, 0.25) is 0 Å². The lowest BCUT2D eigenvalue weighted by Crippen LogP contribution is -2.06. The second kappa shape index (κ2) is 26.0. The fourth-order valence-electron chi connectivity index (χ4n) is 5.72. The van der Waals surface area contributed by atoms with Crippen LogP contribution in [-0.4, -0.2) is 32.5 Å². The lowest BCUT2D eigenvalue weighted by atomic mass is 10.1. The van der Waals surface area contributed by atoms with Gasteiger partial charge in [-0.25, -0.2) is 8.42 Å². The Bertz CT molecular complexity index is 1090. The van der Waals surface area contributed by atoms with Crippen molar-refractivity contribution in [2.24, 2.45) is 0 Å². The van der Waals surface area contributed by atoms with Crippen LogP contribution in [0.5, 0.6) is 5.75 Å². The van der Waals surface area contributed by atoms with Crippen molar-refractivity contribution >= 4 is 22.0 Å². The van der Waals surface area contributed by atoms with Crippen molar-refractivity contribution < 1.29 is 18.3 Å². The van der Waals surface area contributed by atoms with Crippen LogP contribution < -0.4 is 4.74 Å². The molecule has 254 valence electrons. The normalized spacial score (nSPS) is 11.9. The van der Waals surface area contributed by atoms with E-state index < -0.39 is 9.84 Å². The molecule has 0 saturated heterocycles. The predicted molar refractivity (Wildman–Crippen MR) is 194 cm³/mol. The number of ether oxygens (including phenoxy) is 1. The first kappa shape index (κ1) is 39.1. The Morgan fingerprint density at radius 2 is 0.933 bits per heavy atom. The van der Waals surface area contributed by atoms with Gasteiger partial charge in [-0.3, -0.25) is 0 Å². The number of aliphatic hydroxyl groups excluding tert-OH is 1. The number of aliphatic hydroxyl groups is 1. The van der Waals surface area contributed by atoms with Gasteiger partial charge in [0, 0.05) is 6.61 Å². The number of rotatable bonds is 29. The zero-order valence-corrected chi connectivity index (χ0v) is 29.3. The number of hydrogen-bond acceptors (Lipinski definition) is 4. The van der Waals surface area contributed by atoms with E-state index >= 15 is 0 Å². The topological polar surface area (TPSA) is 63.6 Å². The Balaban J connectivity index is 1.56. The van der Waals surface area contributed by atoms with Crippen molar-refractivity contribution in [3.8, 4) is 5.75 Å². The molecule has 2 aromatic carbocycles. The molecule has 0 bridgehead atoms. The number of hydrogen-bond donors (Lipinski definition) is 1. The van der Waals surface area contributed by atoms with Crippen molar-refractivity contribution in [3.63, 3.8) is 0 Å². The monoisotopic (exact) mass is 640 g/mol. The number of benzene rings is 2. The maximum absolute atomic E-state index is 12.8. The summed E-state index contributed by atoms with van der Waals surface area (Å²) in [5.41, 5.74) is 2.07. The second-order valence-electron chi connectivity index (χ2n) is 12.8. The highest BCUT2D eigenvalue weighted by atomic mass is 32.2. The largest absolute Gasteiger partial charge is 0.494 e. The van der Waals surface area contributed by atoms with E-state index in [0.717, 1.165) is 62.0 Å². The molecule has 45 heavy (non-hydrogen) atoms. The van der Waals surface area contributed by atoms with Gasteiger partial charge in [-0.1, -0.05) is 165 Å². The van der Waals surface area contributed by atoms with Gasteiger partial charge < -0.3 is 9.84 Å². The molecular formula is C40H64O4S. The second-order valence-corrected chi connectivity index (χ2v) is 14.9. The van der Waals surface area contributed by atoms with Gasteiger partial charge in [-0.2, -0.15) is 0 Å². The molecule has 0 aliphatic carbocycles. The molecule has 0 fully saturated rings. The fourth-order valence-corrected chi connectivity index (χ4v) is 7.09. The van der Waals surface area contributed by atoms with Crippen molar-refractivity contribution in [1.29, 1.82) is 0 Å². The molecule has 0 amide bonds. The minimum absolute atomic E-state index is 0.219. The van der Waals surface area contributed by atoms with E-state index in [9.17, 15) is 8.42 Å².